The van der Waals surface area contributed by atoms with Gasteiger partial charge in [-0.15, -0.1) is 0 Å². The minimum Gasteiger partial charge on any atom is -0.486 e. The summed E-state index contributed by atoms with van der Waals surface area (Å²) in [6.07, 6.45) is 1.31. The van der Waals surface area contributed by atoms with Crippen LogP contribution in [0, 0.1) is 0 Å². The van der Waals surface area contributed by atoms with Gasteiger partial charge < -0.3 is 23.5 Å². The minimum atomic E-state index is -0.729. The van der Waals surface area contributed by atoms with Gasteiger partial charge in [-0.2, -0.15) is 0 Å². The second-order valence-electron chi connectivity index (χ2n) is 5.80. The summed E-state index contributed by atoms with van der Waals surface area (Å²) in [5.41, 5.74) is 0.310. The fraction of sp³-hybridized carbons (Fsp3) is 0.368. The van der Waals surface area contributed by atoms with Crippen molar-refractivity contribution in [2.24, 2.45) is 0 Å². The van der Waals surface area contributed by atoms with Crippen LogP contribution in [0.3, 0.4) is 0 Å². The third kappa shape index (κ3) is 4.13. The molecule has 148 valence electrons. The van der Waals surface area contributed by atoms with Crippen LogP contribution in [0.25, 0.3) is 0 Å². The summed E-state index contributed by atoms with van der Waals surface area (Å²) in [5.74, 6) is -0.791. The Labute approximate surface area is 161 Å². The molecular weight excluding hydrogens is 368 g/mol. The van der Waals surface area contributed by atoms with Gasteiger partial charge in [0.25, 0.3) is 0 Å². The largest absolute Gasteiger partial charge is 0.486 e. The maximum atomic E-state index is 12.7. The van der Waals surface area contributed by atoms with E-state index in [2.05, 4.69) is 4.98 Å². The number of nitrogens with zero attached hydrogens (tertiary/aromatic N) is 2. The van der Waals surface area contributed by atoms with E-state index in [-0.39, 0.29) is 37.1 Å². The Kier molecular flexibility index (Phi) is 5.93. The van der Waals surface area contributed by atoms with E-state index in [1.54, 1.807) is 32.0 Å². The van der Waals surface area contributed by atoms with E-state index in [9.17, 15) is 14.4 Å². The topological polar surface area (TPSA) is 106 Å². The molecule has 9 nitrogen and oxygen atoms in total. The number of hydrogen-bond acceptors (Lipinski definition) is 8. The normalized spacial score (nSPS) is 12.4. The number of carbonyl (C=O) groups excluding carboxylic acids is 3. The molecule has 28 heavy (non-hydrogen) atoms. The summed E-state index contributed by atoms with van der Waals surface area (Å²) >= 11 is 0. The summed E-state index contributed by atoms with van der Waals surface area (Å²) in [7, 11) is 0. The zero-order valence-corrected chi connectivity index (χ0v) is 15.6. The van der Waals surface area contributed by atoms with Gasteiger partial charge in [0.05, 0.1) is 19.8 Å². The van der Waals surface area contributed by atoms with E-state index in [1.807, 2.05) is 0 Å². The molecule has 0 unspecified atom stereocenters. The van der Waals surface area contributed by atoms with E-state index in [4.69, 9.17) is 18.9 Å². The van der Waals surface area contributed by atoms with Crippen LogP contribution in [-0.2, 0) is 16.0 Å². The van der Waals surface area contributed by atoms with Gasteiger partial charge in [0, 0.05) is 11.8 Å². The highest BCUT2D eigenvalue weighted by Crippen LogP contribution is 2.31. The lowest BCUT2D eigenvalue weighted by atomic mass is 10.1. The van der Waals surface area contributed by atoms with Crippen LogP contribution < -0.4 is 9.47 Å². The Morgan fingerprint density at radius 1 is 1.04 bits per heavy atom. The third-order valence-electron chi connectivity index (χ3n) is 3.90. The van der Waals surface area contributed by atoms with Gasteiger partial charge in [0.1, 0.15) is 13.2 Å². The summed E-state index contributed by atoms with van der Waals surface area (Å²) in [5, 5.41) is 0. The summed E-state index contributed by atoms with van der Waals surface area (Å²) in [6.45, 7) is 4.26. The molecule has 0 bridgehead atoms. The van der Waals surface area contributed by atoms with Crippen LogP contribution in [0.5, 0.6) is 11.5 Å². The van der Waals surface area contributed by atoms with Crippen LogP contribution >= 0.6 is 0 Å². The van der Waals surface area contributed by atoms with Crippen molar-refractivity contribution in [3.8, 4) is 11.5 Å². The Morgan fingerprint density at radius 3 is 2.43 bits per heavy atom. The molecule has 0 fully saturated rings. The highest BCUT2D eigenvalue weighted by atomic mass is 16.6. The number of aromatic nitrogens is 2. The smallest absolute Gasteiger partial charge is 0.374 e. The number of imidazole rings is 1. The quantitative estimate of drug-likeness (QED) is 0.523. The molecule has 1 aromatic carbocycles. The Hall–Kier alpha value is -3.36. The molecule has 1 aliphatic heterocycles. The molecule has 0 N–H and O–H groups in total. The summed E-state index contributed by atoms with van der Waals surface area (Å²) in [6, 6.07) is 4.86. The second-order valence-corrected chi connectivity index (χ2v) is 5.80. The number of esters is 2. The predicted molar refractivity (Wildman–Crippen MR) is 95.9 cm³/mol. The molecule has 1 aromatic heterocycles. The van der Waals surface area contributed by atoms with Crippen LogP contribution in [0.15, 0.2) is 24.4 Å². The zero-order chi connectivity index (χ0) is 20.1. The van der Waals surface area contributed by atoms with E-state index in [0.29, 0.717) is 30.3 Å². The predicted octanol–water partition coefficient (Wildman–Crippen LogP) is 1.89. The lowest BCUT2D eigenvalue weighted by Gasteiger charge is -2.18. The Bertz CT molecular complexity index is 904. The Morgan fingerprint density at radius 2 is 1.71 bits per heavy atom. The number of carbonyl (C=O) groups is 3. The van der Waals surface area contributed by atoms with Gasteiger partial charge in [-0.3, -0.25) is 4.79 Å². The maximum absolute atomic E-state index is 12.7. The first kappa shape index (κ1) is 19.4. The molecule has 0 amide bonds. The van der Waals surface area contributed by atoms with Crippen molar-refractivity contribution in [1.82, 2.24) is 9.55 Å². The van der Waals surface area contributed by atoms with Crippen molar-refractivity contribution in [1.29, 1.82) is 0 Å². The first-order valence-electron chi connectivity index (χ1n) is 8.87. The highest BCUT2D eigenvalue weighted by molar-refractivity contribution is 5.98. The van der Waals surface area contributed by atoms with Gasteiger partial charge in [0.2, 0.25) is 5.82 Å². The van der Waals surface area contributed by atoms with Gasteiger partial charge in [-0.05, 0) is 32.0 Å². The highest BCUT2D eigenvalue weighted by Gasteiger charge is 2.23. The van der Waals surface area contributed by atoms with Gasteiger partial charge >= 0.3 is 11.9 Å². The number of ketones is 1. The number of Topliss-reactive ketones (excluding diaryl/α,β-unsaturated/α-hetero) is 1. The fourth-order valence-electron chi connectivity index (χ4n) is 2.66. The minimum absolute atomic E-state index is 0.0696. The second kappa shape index (κ2) is 8.55. The zero-order valence-electron chi connectivity index (χ0n) is 15.6. The van der Waals surface area contributed by atoms with Crippen LogP contribution in [-0.4, -0.2) is 53.7 Å². The molecule has 2 aromatic rings. The molecule has 9 heteroatoms. The molecule has 0 aliphatic carbocycles. The van der Waals surface area contributed by atoms with Crippen molar-refractivity contribution in [3.63, 3.8) is 0 Å². The van der Waals surface area contributed by atoms with E-state index < -0.39 is 11.9 Å². The van der Waals surface area contributed by atoms with Crippen molar-refractivity contribution in [3.05, 3.63) is 41.5 Å². The first-order chi connectivity index (χ1) is 13.5. The average molecular weight is 388 g/mol. The van der Waals surface area contributed by atoms with Gasteiger partial charge in [-0.1, -0.05) is 0 Å². The van der Waals surface area contributed by atoms with Gasteiger partial charge in [-0.25, -0.2) is 14.6 Å². The molecule has 0 atom stereocenters. The van der Waals surface area contributed by atoms with Crippen molar-refractivity contribution < 1.29 is 33.3 Å². The lowest BCUT2D eigenvalue weighted by molar-refractivity contribution is 0.0506. The third-order valence-corrected chi connectivity index (χ3v) is 3.90. The summed E-state index contributed by atoms with van der Waals surface area (Å²) < 4.78 is 22.1. The molecule has 3 rings (SSSR count). The summed E-state index contributed by atoms with van der Waals surface area (Å²) in [4.78, 5) is 40.8. The lowest BCUT2D eigenvalue weighted by Crippen LogP contribution is -2.18. The molecule has 0 saturated heterocycles. The number of hydrogen-bond donors (Lipinski definition) is 0. The van der Waals surface area contributed by atoms with Crippen molar-refractivity contribution in [2.75, 3.05) is 26.4 Å². The van der Waals surface area contributed by atoms with E-state index in [0.717, 1.165) is 0 Å². The monoisotopic (exact) mass is 388 g/mol. The first-order valence-corrected chi connectivity index (χ1v) is 8.87. The number of benzene rings is 1. The standard InChI is InChI=1S/C19H20N2O7/c1-3-25-18(23)13-10-21(17(20-13)19(24)26-4-2)11-14(22)12-5-6-15-16(9-12)28-8-7-27-15/h5-6,9-10H,3-4,7-8,11H2,1-2H3. The number of fused-ring (bicyclic) bond motifs is 1. The van der Waals surface area contributed by atoms with Crippen LogP contribution in [0.2, 0.25) is 0 Å². The molecule has 0 saturated carbocycles. The van der Waals surface area contributed by atoms with Gasteiger partial charge in [0.15, 0.2) is 23.0 Å². The number of rotatable bonds is 7. The average Bonchev–Trinajstić information content (AvgIpc) is 3.12. The molecule has 1 aliphatic rings. The number of ether oxygens (including phenoxy) is 4. The Balaban J connectivity index is 1.86. The molecule has 0 spiro atoms. The maximum Gasteiger partial charge on any atom is 0.374 e. The SMILES string of the molecule is CCOC(=O)c1cn(CC(=O)c2ccc3c(c2)OCCO3)c(C(=O)OCC)n1. The molecule has 2 heterocycles. The fourth-order valence-corrected chi connectivity index (χ4v) is 2.66. The molecule has 0 radical (unpaired) electrons. The van der Waals surface area contributed by atoms with E-state index >= 15 is 0 Å². The van der Waals surface area contributed by atoms with Crippen LogP contribution in [0.1, 0.15) is 45.3 Å². The van der Waals surface area contributed by atoms with Crippen molar-refractivity contribution >= 4 is 17.7 Å². The molecular formula is C19H20N2O7. The van der Waals surface area contributed by atoms with Crippen molar-refractivity contribution in [2.45, 2.75) is 20.4 Å². The van der Waals surface area contributed by atoms with Crippen LogP contribution in [0.4, 0.5) is 0 Å². The van der Waals surface area contributed by atoms with E-state index in [1.165, 1.54) is 10.8 Å².